The van der Waals surface area contributed by atoms with E-state index < -0.39 is 17.2 Å². The van der Waals surface area contributed by atoms with Crippen LogP contribution in [0.3, 0.4) is 0 Å². The maximum atomic E-state index is 12.4. The topological polar surface area (TPSA) is 143 Å². The van der Waals surface area contributed by atoms with E-state index >= 15 is 0 Å². The summed E-state index contributed by atoms with van der Waals surface area (Å²) in [5.74, 6) is 0.697. The molecule has 4 heterocycles. The van der Waals surface area contributed by atoms with Gasteiger partial charge in [0.15, 0.2) is 11.5 Å². The van der Waals surface area contributed by atoms with Crippen molar-refractivity contribution in [3.8, 4) is 17.5 Å². The second-order valence-corrected chi connectivity index (χ2v) is 9.81. The average Bonchev–Trinajstić information content (AvgIpc) is 3.33. The number of nitrogens with one attached hydrogen (secondary N) is 1. The Labute approximate surface area is 195 Å². The van der Waals surface area contributed by atoms with Gasteiger partial charge in [0.2, 0.25) is 11.9 Å². The highest BCUT2D eigenvalue weighted by Gasteiger charge is 2.49. The molecule has 2 fully saturated rings. The SMILES string of the molecule is CC(C)(C)OC(=O)N1CC(CC#N)(n2cc(-c3nccc4nc(NC(=O)C5CC5)nn34)cn2)C1. The minimum Gasteiger partial charge on any atom is -0.444 e. The molecule has 3 aromatic heterocycles. The van der Waals surface area contributed by atoms with Gasteiger partial charge in [-0.25, -0.2) is 9.78 Å². The zero-order valence-electron chi connectivity index (χ0n) is 19.2. The fourth-order valence-electron chi connectivity index (χ4n) is 3.93. The Morgan fingerprint density at radius 1 is 1.32 bits per heavy atom. The molecule has 12 nitrogen and oxygen atoms in total. The van der Waals surface area contributed by atoms with Gasteiger partial charge in [0.05, 0.1) is 37.3 Å². The number of nitrogens with zero attached hydrogens (tertiary/aromatic N) is 8. The van der Waals surface area contributed by atoms with Crippen molar-refractivity contribution < 1.29 is 14.3 Å². The molecule has 0 atom stereocenters. The van der Waals surface area contributed by atoms with Crippen LogP contribution >= 0.6 is 0 Å². The molecule has 0 bridgehead atoms. The van der Waals surface area contributed by atoms with Crippen LogP contribution in [-0.2, 0) is 15.1 Å². The van der Waals surface area contributed by atoms with Gasteiger partial charge in [0.1, 0.15) is 11.1 Å². The Hall–Kier alpha value is -4.01. The van der Waals surface area contributed by atoms with Gasteiger partial charge in [0.25, 0.3) is 0 Å². The smallest absolute Gasteiger partial charge is 0.410 e. The molecule has 176 valence electrons. The number of amides is 2. The van der Waals surface area contributed by atoms with Crippen LogP contribution in [0, 0.1) is 17.2 Å². The lowest BCUT2D eigenvalue weighted by Crippen LogP contribution is -2.64. The van der Waals surface area contributed by atoms with Crippen LogP contribution in [0.25, 0.3) is 17.0 Å². The van der Waals surface area contributed by atoms with Crippen LogP contribution in [0.15, 0.2) is 24.7 Å². The number of anilines is 1. The monoisotopic (exact) mass is 463 g/mol. The number of nitriles is 1. The molecule has 3 aromatic rings. The summed E-state index contributed by atoms with van der Waals surface area (Å²) in [4.78, 5) is 34.8. The minimum absolute atomic E-state index is 0.0430. The van der Waals surface area contributed by atoms with E-state index in [-0.39, 0.29) is 24.2 Å². The summed E-state index contributed by atoms with van der Waals surface area (Å²) in [5, 5.41) is 21.1. The van der Waals surface area contributed by atoms with Crippen molar-refractivity contribution in [2.75, 3.05) is 18.4 Å². The highest BCUT2D eigenvalue weighted by atomic mass is 16.6. The number of rotatable bonds is 5. The summed E-state index contributed by atoms with van der Waals surface area (Å²) in [6.07, 6.45) is 6.59. The fourth-order valence-corrected chi connectivity index (χ4v) is 3.93. The second kappa shape index (κ2) is 7.79. The molecule has 0 aromatic carbocycles. The van der Waals surface area contributed by atoms with Crippen molar-refractivity contribution in [3.63, 3.8) is 0 Å². The molecule has 1 N–H and O–H groups in total. The quantitative estimate of drug-likeness (QED) is 0.606. The first-order valence-corrected chi connectivity index (χ1v) is 11.1. The Bertz CT molecular complexity index is 1300. The fraction of sp³-hybridized carbons (Fsp3) is 0.500. The van der Waals surface area contributed by atoms with Crippen LogP contribution < -0.4 is 5.32 Å². The molecule has 0 spiro atoms. The molecular weight excluding hydrogens is 438 g/mol. The summed E-state index contributed by atoms with van der Waals surface area (Å²) < 4.78 is 8.69. The zero-order chi connectivity index (χ0) is 24.1. The van der Waals surface area contributed by atoms with Crippen LogP contribution in [0.4, 0.5) is 10.7 Å². The van der Waals surface area contributed by atoms with Gasteiger partial charge < -0.3 is 9.64 Å². The van der Waals surface area contributed by atoms with E-state index in [1.807, 2.05) is 20.8 Å². The Kier molecular flexibility index (Phi) is 5.00. The average molecular weight is 464 g/mol. The number of likely N-dealkylation sites (tertiary alicyclic amines) is 1. The third kappa shape index (κ3) is 4.05. The first-order valence-electron chi connectivity index (χ1n) is 11.1. The summed E-state index contributed by atoms with van der Waals surface area (Å²) in [6.45, 7) is 6.07. The molecule has 1 saturated heterocycles. The Morgan fingerprint density at radius 2 is 2.09 bits per heavy atom. The predicted octanol–water partition coefficient (Wildman–Crippen LogP) is 2.20. The van der Waals surface area contributed by atoms with E-state index in [1.165, 1.54) is 0 Å². The number of ether oxygens (including phenoxy) is 1. The number of carbonyl (C=O) groups is 2. The molecule has 1 aliphatic carbocycles. The minimum atomic E-state index is -0.649. The zero-order valence-corrected chi connectivity index (χ0v) is 19.2. The summed E-state index contributed by atoms with van der Waals surface area (Å²) in [5.41, 5.74) is -0.0366. The van der Waals surface area contributed by atoms with E-state index in [2.05, 4.69) is 31.6 Å². The first kappa shape index (κ1) is 21.8. The van der Waals surface area contributed by atoms with E-state index in [9.17, 15) is 14.9 Å². The van der Waals surface area contributed by atoms with Gasteiger partial charge in [-0.1, -0.05) is 0 Å². The third-order valence-corrected chi connectivity index (χ3v) is 5.79. The highest BCUT2D eigenvalue weighted by Crippen LogP contribution is 2.34. The van der Waals surface area contributed by atoms with Crippen molar-refractivity contribution in [1.82, 2.24) is 34.3 Å². The van der Waals surface area contributed by atoms with Crippen molar-refractivity contribution in [3.05, 3.63) is 24.7 Å². The van der Waals surface area contributed by atoms with Crippen molar-refractivity contribution >= 4 is 23.6 Å². The molecule has 1 saturated carbocycles. The lowest BCUT2D eigenvalue weighted by Gasteiger charge is -2.48. The van der Waals surface area contributed by atoms with E-state index in [4.69, 9.17) is 4.74 Å². The number of aromatic nitrogens is 6. The summed E-state index contributed by atoms with van der Waals surface area (Å²) in [6, 6.07) is 3.91. The van der Waals surface area contributed by atoms with E-state index in [0.29, 0.717) is 30.1 Å². The molecule has 2 amide bonds. The molecule has 34 heavy (non-hydrogen) atoms. The van der Waals surface area contributed by atoms with Crippen LogP contribution in [0.2, 0.25) is 0 Å². The van der Waals surface area contributed by atoms with E-state index in [1.54, 1.807) is 38.8 Å². The van der Waals surface area contributed by atoms with Gasteiger partial charge in [-0.15, -0.1) is 5.10 Å². The third-order valence-electron chi connectivity index (χ3n) is 5.79. The second-order valence-electron chi connectivity index (χ2n) is 9.81. The van der Waals surface area contributed by atoms with Gasteiger partial charge >= 0.3 is 6.09 Å². The Morgan fingerprint density at radius 3 is 2.76 bits per heavy atom. The lowest BCUT2D eigenvalue weighted by molar-refractivity contribution is -0.117. The molecule has 12 heteroatoms. The molecule has 0 unspecified atom stereocenters. The molecule has 0 radical (unpaired) electrons. The Balaban J connectivity index is 1.38. The lowest BCUT2D eigenvalue weighted by atomic mass is 9.87. The summed E-state index contributed by atoms with van der Waals surface area (Å²) in [7, 11) is 0. The van der Waals surface area contributed by atoms with Crippen molar-refractivity contribution in [1.29, 1.82) is 5.26 Å². The first-order chi connectivity index (χ1) is 16.2. The van der Waals surface area contributed by atoms with Gasteiger partial charge in [-0.3, -0.25) is 14.8 Å². The van der Waals surface area contributed by atoms with Crippen LogP contribution in [0.5, 0.6) is 0 Å². The predicted molar refractivity (Wildman–Crippen MR) is 119 cm³/mol. The largest absolute Gasteiger partial charge is 0.444 e. The van der Waals surface area contributed by atoms with Gasteiger partial charge in [-0.2, -0.15) is 19.9 Å². The van der Waals surface area contributed by atoms with Crippen molar-refractivity contribution in [2.24, 2.45) is 5.92 Å². The number of fused-ring (bicyclic) bond motifs is 1. The van der Waals surface area contributed by atoms with Gasteiger partial charge in [0, 0.05) is 24.4 Å². The number of carbonyl (C=O) groups excluding carboxylic acids is 2. The molecule has 1 aliphatic heterocycles. The number of hydrogen-bond acceptors (Lipinski definition) is 8. The van der Waals surface area contributed by atoms with Crippen molar-refractivity contribution in [2.45, 2.75) is 51.2 Å². The van der Waals surface area contributed by atoms with Crippen LogP contribution in [-0.4, -0.2) is 65.0 Å². The summed E-state index contributed by atoms with van der Waals surface area (Å²) >= 11 is 0. The normalized spacial score (nSPS) is 17.2. The molecule has 2 aliphatic rings. The maximum Gasteiger partial charge on any atom is 0.410 e. The molecular formula is C22H25N9O3. The van der Waals surface area contributed by atoms with Gasteiger partial charge in [-0.05, 0) is 33.6 Å². The maximum absolute atomic E-state index is 12.4. The number of hydrogen-bond donors (Lipinski definition) is 1. The van der Waals surface area contributed by atoms with Crippen LogP contribution in [0.1, 0.15) is 40.0 Å². The molecule has 5 rings (SSSR count). The van der Waals surface area contributed by atoms with E-state index in [0.717, 1.165) is 12.8 Å². The standard InChI is InChI=1S/C22H25N9O3/c1-21(2,3)34-20(33)29-12-22(13-29,7-8-23)30-11-15(10-25-30)17-24-9-6-16-26-19(28-31(16)17)27-18(32)14-4-5-14/h6,9-11,14H,4-5,7,12-13H2,1-3H3,(H,27,28,32). The highest BCUT2D eigenvalue weighted by molar-refractivity contribution is 5.92.